The second-order valence-corrected chi connectivity index (χ2v) is 19.9. The molecule has 4 heteroatoms. The molecule has 3 nitrogen and oxygen atoms in total. The second-order valence-electron chi connectivity index (χ2n) is 19.9. The minimum Gasteiger partial charge on any atom is -0.872 e. The summed E-state index contributed by atoms with van der Waals surface area (Å²) < 4.78 is 0. The van der Waals surface area contributed by atoms with Crippen LogP contribution in [0.1, 0.15) is 288 Å². The van der Waals surface area contributed by atoms with Gasteiger partial charge in [0.2, 0.25) is 0 Å². The van der Waals surface area contributed by atoms with Crippen LogP contribution in [0, 0.1) is 0 Å². The van der Waals surface area contributed by atoms with Gasteiger partial charge in [0.25, 0.3) is 0 Å². The molecule has 0 spiro atoms. The molecule has 0 fully saturated rings. The number of unbranched alkanes of at least 4 members (excludes halogenated alkanes) is 36. The third-order valence-corrected chi connectivity index (χ3v) is 13.5. The van der Waals surface area contributed by atoms with Crippen molar-refractivity contribution in [3.8, 4) is 17.2 Å². The third-order valence-electron chi connectivity index (χ3n) is 13.5. The van der Waals surface area contributed by atoms with Gasteiger partial charge in [0.15, 0.2) is 0 Å². The maximum atomic E-state index is 11.0. The Morgan fingerprint density at radius 1 is 0.209 bits per heavy atom. The monoisotopic (exact) mass is 937 g/mol. The van der Waals surface area contributed by atoms with Crippen molar-refractivity contribution in [2.45, 2.75) is 290 Å². The molecule has 0 unspecified atom stereocenters. The van der Waals surface area contributed by atoms with Crippen LogP contribution in [0.2, 0.25) is 0 Å². The van der Waals surface area contributed by atoms with Crippen LogP contribution in [0.4, 0.5) is 0 Å². The molecule has 0 amide bonds. The van der Waals surface area contributed by atoms with Crippen molar-refractivity contribution in [2.75, 3.05) is 0 Å². The van der Waals surface area contributed by atoms with E-state index in [0.717, 1.165) is 19.3 Å². The molecule has 0 N–H and O–H groups in total. The normalized spacial score (nSPS) is 10.8. The Labute approximate surface area is 427 Å². The van der Waals surface area contributed by atoms with E-state index in [1.165, 1.54) is 267 Å². The van der Waals surface area contributed by atoms with Crippen molar-refractivity contribution in [2.24, 2.45) is 0 Å². The SMILES string of the molecule is CCCCCCCCCCCCCCCc1ccc([O-])cc1.CCCCCCCCCCCCCCCc1ccc([O-])cc1.CCCCCCCCCCCCCCCc1ccc([O-])cc1.[Al+3]. The average molecular weight is 938 g/mol. The third kappa shape index (κ3) is 45.8. The van der Waals surface area contributed by atoms with Crippen molar-refractivity contribution < 1.29 is 15.3 Å². The van der Waals surface area contributed by atoms with Crippen LogP contribution in [0.15, 0.2) is 72.8 Å². The maximum absolute atomic E-state index is 11.0. The zero-order valence-electron chi connectivity index (χ0n) is 44.4. The van der Waals surface area contributed by atoms with Crippen LogP contribution >= 0.6 is 0 Å². The van der Waals surface area contributed by atoms with Gasteiger partial charge in [-0.3, -0.25) is 0 Å². The average Bonchev–Trinajstić information content (AvgIpc) is 3.33. The van der Waals surface area contributed by atoms with E-state index in [4.69, 9.17) is 0 Å². The van der Waals surface area contributed by atoms with E-state index in [1.54, 1.807) is 36.4 Å². The Morgan fingerprint density at radius 3 is 0.493 bits per heavy atom. The summed E-state index contributed by atoms with van der Waals surface area (Å²) >= 11 is 0. The molecule has 0 saturated carbocycles. The van der Waals surface area contributed by atoms with Gasteiger partial charge in [0, 0.05) is 0 Å². The van der Waals surface area contributed by atoms with Gasteiger partial charge in [0.05, 0.1) is 0 Å². The number of aryl methyl sites for hydroxylation is 3. The summed E-state index contributed by atoms with van der Waals surface area (Å²) in [5.74, 6) is 0.359. The van der Waals surface area contributed by atoms with Gasteiger partial charge in [-0.2, -0.15) is 0 Å². The van der Waals surface area contributed by atoms with E-state index >= 15 is 0 Å². The molecule has 0 aliphatic rings. The van der Waals surface area contributed by atoms with Gasteiger partial charge in [0.1, 0.15) is 0 Å². The summed E-state index contributed by atoms with van der Waals surface area (Å²) in [6.45, 7) is 6.84. The van der Waals surface area contributed by atoms with Gasteiger partial charge in [-0.25, -0.2) is 0 Å². The molecule has 3 aromatic carbocycles. The van der Waals surface area contributed by atoms with Gasteiger partial charge < -0.3 is 15.3 Å². The minimum atomic E-state index is 0. The summed E-state index contributed by atoms with van der Waals surface area (Å²) in [5, 5.41) is 33.0. The van der Waals surface area contributed by atoms with E-state index in [9.17, 15) is 15.3 Å². The molecule has 0 aromatic heterocycles. The standard InChI is InChI=1S/3C21H36O.Al/c3*1-2-3-4-5-6-7-8-9-10-11-12-13-14-15-20-16-18-21(22)19-17-20;/h3*16-19,22H,2-15H2,1H3;/q;;;+3/p-3. The Kier molecular flexibility index (Phi) is 49.6. The number of benzene rings is 3. The van der Waals surface area contributed by atoms with Crippen LogP contribution in [0.3, 0.4) is 0 Å². The molecule has 67 heavy (non-hydrogen) atoms. The predicted octanol–water partition coefficient (Wildman–Crippen LogP) is 18.8. The van der Waals surface area contributed by atoms with E-state index in [1.807, 2.05) is 36.4 Å². The minimum absolute atomic E-state index is 0. The van der Waals surface area contributed by atoms with E-state index in [0.29, 0.717) is 0 Å². The topological polar surface area (TPSA) is 69.2 Å². The summed E-state index contributed by atoms with van der Waals surface area (Å²) in [7, 11) is 0. The number of rotatable bonds is 42. The van der Waals surface area contributed by atoms with Crippen LogP contribution < -0.4 is 15.3 Å². The Bertz CT molecular complexity index is 1200. The van der Waals surface area contributed by atoms with Crippen LogP contribution in [-0.2, 0) is 19.3 Å². The Morgan fingerprint density at radius 2 is 0.343 bits per heavy atom. The van der Waals surface area contributed by atoms with Gasteiger partial charge >= 0.3 is 17.4 Å². The van der Waals surface area contributed by atoms with Crippen molar-refractivity contribution in [1.29, 1.82) is 0 Å². The Balaban J connectivity index is 0.000000968. The molecular formula is C63H105AlO3. The van der Waals surface area contributed by atoms with E-state index in [2.05, 4.69) is 20.8 Å². The fourth-order valence-corrected chi connectivity index (χ4v) is 9.01. The number of hydrogen-bond acceptors (Lipinski definition) is 3. The van der Waals surface area contributed by atoms with Crippen LogP contribution in [0.25, 0.3) is 0 Å². The first kappa shape index (κ1) is 64.6. The molecular weight excluding hydrogens is 832 g/mol. The van der Waals surface area contributed by atoms with Gasteiger partial charge in [-0.05, 0) is 55.2 Å². The summed E-state index contributed by atoms with van der Waals surface area (Å²) in [6.07, 6.45) is 57.9. The van der Waals surface area contributed by atoms with Crippen LogP contribution in [-0.4, -0.2) is 17.4 Å². The largest absolute Gasteiger partial charge is 3.00 e. The number of hydrogen-bond donors (Lipinski definition) is 0. The molecule has 0 aliphatic heterocycles. The first-order valence-corrected chi connectivity index (χ1v) is 28.8. The fourth-order valence-electron chi connectivity index (χ4n) is 9.01. The molecule has 3 rings (SSSR count). The first-order chi connectivity index (χ1) is 32.5. The fraction of sp³-hybridized carbons (Fsp3) is 0.714. The molecule has 3 aromatic rings. The Hall–Kier alpha value is -2.41. The quantitative estimate of drug-likeness (QED) is 0.0420. The van der Waals surface area contributed by atoms with Gasteiger partial charge in [-0.1, -0.05) is 325 Å². The molecule has 0 atom stereocenters. The smallest absolute Gasteiger partial charge is 0.872 e. The molecule has 378 valence electrons. The van der Waals surface area contributed by atoms with E-state index < -0.39 is 0 Å². The second kappa shape index (κ2) is 51.4. The molecule has 0 heterocycles. The van der Waals surface area contributed by atoms with Crippen LogP contribution in [0.5, 0.6) is 17.2 Å². The van der Waals surface area contributed by atoms with Crippen molar-refractivity contribution in [1.82, 2.24) is 0 Å². The molecule has 0 aliphatic carbocycles. The van der Waals surface area contributed by atoms with Crippen molar-refractivity contribution in [3.05, 3.63) is 89.5 Å². The predicted molar refractivity (Wildman–Crippen MR) is 292 cm³/mol. The zero-order valence-corrected chi connectivity index (χ0v) is 45.6. The van der Waals surface area contributed by atoms with Gasteiger partial charge in [-0.15, -0.1) is 17.2 Å². The van der Waals surface area contributed by atoms with Crippen molar-refractivity contribution in [3.63, 3.8) is 0 Å². The van der Waals surface area contributed by atoms with Crippen molar-refractivity contribution >= 4 is 17.4 Å². The zero-order chi connectivity index (χ0) is 47.6. The maximum Gasteiger partial charge on any atom is 3.00 e. The molecule has 0 radical (unpaired) electrons. The molecule has 0 saturated heterocycles. The first-order valence-electron chi connectivity index (χ1n) is 28.8. The van der Waals surface area contributed by atoms with E-state index in [-0.39, 0.29) is 34.6 Å². The summed E-state index contributed by atoms with van der Waals surface area (Å²) in [6, 6.07) is 21.9. The summed E-state index contributed by atoms with van der Waals surface area (Å²) in [4.78, 5) is 0. The summed E-state index contributed by atoms with van der Waals surface area (Å²) in [5.41, 5.74) is 3.92. The molecule has 0 bridgehead atoms.